The van der Waals surface area contributed by atoms with Crippen LogP contribution in [0.15, 0.2) is 0 Å². The number of ether oxygens (including phenoxy) is 1. The van der Waals surface area contributed by atoms with E-state index in [0.717, 1.165) is 0 Å². The number of hydrogen-bond donors (Lipinski definition) is 6. The first-order chi connectivity index (χ1) is 8.07. The van der Waals surface area contributed by atoms with Gasteiger partial charge in [0.05, 0.1) is 63.7 Å². The Morgan fingerprint density at radius 1 is 0.556 bits per heavy atom. The van der Waals surface area contributed by atoms with Gasteiger partial charge in [0.2, 0.25) is 0 Å². The van der Waals surface area contributed by atoms with Gasteiger partial charge in [0.25, 0.3) is 0 Å². The molecule has 0 aromatic carbocycles. The van der Waals surface area contributed by atoms with Gasteiger partial charge in [-0.2, -0.15) is 0 Å². The topological polar surface area (TPSA) is 131 Å². The minimum absolute atomic E-state index is 0. The Kier molecular flexibility index (Phi) is 11.5. The van der Waals surface area contributed by atoms with E-state index in [2.05, 4.69) is 0 Å². The summed E-state index contributed by atoms with van der Waals surface area (Å²) in [5.41, 5.74) is -2.32. The summed E-state index contributed by atoms with van der Waals surface area (Å²) in [4.78, 5) is 0. The highest BCUT2D eigenvalue weighted by Gasteiger charge is 2.32. The summed E-state index contributed by atoms with van der Waals surface area (Å²) in [6.07, 6.45) is 0. The molecule has 0 aliphatic carbocycles. The van der Waals surface area contributed by atoms with Crippen LogP contribution in [0.3, 0.4) is 0 Å². The molecular formula is C10H25AlO7. The third-order valence-corrected chi connectivity index (χ3v) is 2.83. The Balaban J connectivity index is 0. The highest BCUT2D eigenvalue weighted by atomic mass is 27.0. The average Bonchev–Trinajstić information content (AvgIpc) is 2.41. The summed E-state index contributed by atoms with van der Waals surface area (Å²) in [7, 11) is 0. The van der Waals surface area contributed by atoms with Gasteiger partial charge in [-0.25, -0.2) is 0 Å². The van der Waals surface area contributed by atoms with Crippen molar-refractivity contribution < 1.29 is 35.4 Å². The lowest BCUT2D eigenvalue weighted by Gasteiger charge is -2.31. The van der Waals surface area contributed by atoms with Gasteiger partial charge in [0.15, 0.2) is 17.4 Å². The Hall–Kier alpha value is 0.252. The summed E-state index contributed by atoms with van der Waals surface area (Å²) >= 11 is 0. The summed E-state index contributed by atoms with van der Waals surface area (Å²) in [5.74, 6) is 0. The molecule has 0 aliphatic heterocycles. The molecule has 0 aromatic heterocycles. The number of hydrogen-bond acceptors (Lipinski definition) is 7. The van der Waals surface area contributed by atoms with Crippen LogP contribution >= 0.6 is 0 Å². The lowest BCUT2D eigenvalue weighted by atomic mass is 9.91. The zero-order chi connectivity index (χ0) is 13.4. The smallest absolute Gasteiger partial charge is 0.187 e. The normalized spacial score (nSPS) is 12.3. The van der Waals surface area contributed by atoms with Gasteiger partial charge < -0.3 is 35.4 Å². The predicted molar refractivity (Wildman–Crippen MR) is 68.1 cm³/mol. The van der Waals surface area contributed by atoms with Gasteiger partial charge in [-0.05, 0) is 0 Å². The molecule has 8 heteroatoms. The molecule has 0 heterocycles. The quantitative estimate of drug-likeness (QED) is 0.224. The van der Waals surface area contributed by atoms with Crippen LogP contribution < -0.4 is 0 Å². The first-order valence-corrected chi connectivity index (χ1v) is 5.30. The maximum absolute atomic E-state index is 9.03. The molecule has 0 saturated carbocycles. The molecule has 0 amide bonds. The summed E-state index contributed by atoms with van der Waals surface area (Å²) in [6.45, 7) is -3.01. The van der Waals surface area contributed by atoms with E-state index in [1.807, 2.05) is 0 Å². The van der Waals surface area contributed by atoms with Crippen LogP contribution in [0.4, 0.5) is 0 Å². The Bertz CT molecular complexity index is 158. The molecule has 0 unspecified atom stereocenters. The zero-order valence-corrected chi connectivity index (χ0v) is 9.75. The summed E-state index contributed by atoms with van der Waals surface area (Å²) < 4.78 is 5.15. The minimum atomic E-state index is -1.16. The Morgan fingerprint density at radius 2 is 0.778 bits per heavy atom. The van der Waals surface area contributed by atoms with Crippen LogP contribution in [-0.4, -0.2) is 101 Å². The van der Waals surface area contributed by atoms with Gasteiger partial charge >= 0.3 is 0 Å². The number of aliphatic hydroxyl groups is 6. The van der Waals surface area contributed by atoms with Gasteiger partial charge in [-0.3, -0.25) is 0 Å². The first-order valence-electron chi connectivity index (χ1n) is 5.30. The van der Waals surface area contributed by atoms with Crippen molar-refractivity contribution in [3.8, 4) is 0 Å². The molecule has 0 rings (SSSR count). The van der Waals surface area contributed by atoms with Crippen LogP contribution in [-0.2, 0) is 4.74 Å². The lowest BCUT2D eigenvalue weighted by Crippen LogP contribution is -2.43. The second-order valence-corrected chi connectivity index (χ2v) is 4.44. The fourth-order valence-corrected chi connectivity index (χ4v) is 1.06. The maximum Gasteiger partial charge on any atom is 0.187 e. The first kappa shape index (κ1) is 20.6. The highest BCUT2D eigenvalue weighted by Crippen LogP contribution is 2.19. The summed E-state index contributed by atoms with van der Waals surface area (Å²) in [5, 5.41) is 54.2. The molecule has 0 saturated heterocycles. The van der Waals surface area contributed by atoms with Crippen LogP contribution in [0.2, 0.25) is 0 Å². The van der Waals surface area contributed by atoms with E-state index in [-0.39, 0.29) is 30.6 Å². The van der Waals surface area contributed by atoms with Crippen molar-refractivity contribution in [2.75, 3.05) is 52.9 Å². The van der Waals surface area contributed by atoms with E-state index in [4.69, 9.17) is 35.4 Å². The van der Waals surface area contributed by atoms with E-state index < -0.39 is 50.5 Å². The second kappa shape index (κ2) is 10.1. The lowest BCUT2D eigenvalue weighted by molar-refractivity contribution is -0.103. The van der Waals surface area contributed by atoms with Crippen molar-refractivity contribution in [1.82, 2.24) is 0 Å². The molecule has 110 valence electrons. The van der Waals surface area contributed by atoms with Crippen molar-refractivity contribution in [3.63, 3.8) is 0 Å². The third kappa shape index (κ3) is 5.49. The molecule has 0 radical (unpaired) electrons. The van der Waals surface area contributed by atoms with Crippen LogP contribution in [0.25, 0.3) is 0 Å². The monoisotopic (exact) mass is 284 g/mol. The van der Waals surface area contributed by atoms with Crippen LogP contribution in [0.1, 0.15) is 0 Å². The van der Waals surface area contributed by atoms with E-state index in [1.54, 1.807) is 0 Å². The number of rotatable bonds is 10. The molecule has 18 heavy (non-hydrogen) atoms. The van der Waals surface area contributed by atoms with Crippen molar-refractivity contribution in [2.24, 2.45) is 10.8 Å². The van der Waals surface area contributed by atoms with E-state index in [9.17, 15) is 0 Å². The molecule has 6 N–H and O–H groups in total. The Morgan fingerprint density at radius 3 is 0.944 bits per heavy atom. The van der Waals surface area contributed by atoms with Crippen molar-refractivity contribution in [2.45, 2.75) is 0 Å². The molecule has 0 atom stereocenters. The van der Waals surface area contributed by atoms with Crippen molar-refractivity contribution in [3.05, 3.63) is 0 Å². The van der Waals surface area contributed by atoms with Gasteiger partial charge in [-0.1, -0.05) is 0 Å². The van der Waals surface area contributed by atoms with Gasteiger partial charge in [0, 0.05) is 0 Å². The average molecular weight is 284 g/mol. The SMILES string of the molecule is OCC(CO)(CO)COCC(CO)(CO)CO.[AlH3]. The molecule has 0 aliphatic rings. The van der Waals surface area contributed by atoms with Gasteiger partial charge in [-0.15, -0.1) is 0 Å². The fraction of sp³-hybridized carbons (Fsp3) is 1.00. The van der Waals surface area contributed by atoms with E-state index >= 15 is 0 Å². The highest BCUT2D eigenvalue weighted by molar-refractivity contribution is 5.75. The fourth-order valence-electron chi connectivity index (χ4n) is 1.06. The molecular weight excluding hydrogens is 259 g/mol. The second-order valence-electron chi connectivity index (χ2n) is 4.44. The molecule has 0 aromatic rings. The van der Waals surface area contributed by atoms with Crippen LogP contribution in [0.5, 0.6) is 0 Å². The summed E-state index contributed by atoms with van der Waals surface area (Å²) in [6, 6.07) is 0. The van der Waals surface area contributed by atoms with E-state index in [1.165, 1.54) is 0 Å². The Labute approximate surface area is 117 Å². The third-order valence-electron chi connectivity index (χ3n) is 2.83. The largest absolute Gasteiger partial charge is 0.396 e. The minimum Gasteiger partial charge on any atom is -0.396 e. The standard InChI is InChI=1S/C10H22O7.Al.3H/c11-1-9(2-12,3-13)7-17-8-10(4-14,5-15)6-16;;;;/h11-16H,1-8H2;;;;. The van der Waals surface area contributed by atoms with Crippen LogP contribution in [0, 0.1) is 10.8 Å². The molecule has 0 spiro atoms. The van der Waals surface area contributed by atoms with Crippen molar-refractivity contribution in [1.29, 1.82) is 0 Å². The predicted octanol–water partition coefficient (Wildman–Crippen LogP) is -4.25. The molecule has 0 bridgehead atoms. The van der Waals surface area contributed by atoms with Gasteiger partial charge in [0.1, 0.15) is 0 Å². The maximum atomic E-state index is 9.03. The number of aliphatic hydroxyl groups excluding tert-OH is 6. The molecule has 0 fully saturated rings. The zero-order valence-electron chi connectivity index (χ0n) is 9.75. The molecule has 7 nitrogen and oxygen atoms in total. The van der Waals surface area contributed by atoms with E-state index in [0.29, 0.717) is 0 Å². The van der Waals surface area contributed by atoms with Crippen molar-refractivity contribution >= 4 is 17.4 Å².